The number of carboxylic acids is 1. The van der Waals surface area contributed by atoms with E-state index in [0.717, 1.165) is 22.6 Å². The first-order chi connectivity index (χ1) is 24.1. The summed E-state index contributed by atoms with van der Waals surface area (Å²) in [4.78, 5) is 91.3. The van der Waals surface area contributed by atoms with Crippen molar-refractivity contribution in [2.75, 3.05) is 27.2 Å². The van der Waals surface area contributed by atoms with Gasteiger partial charge < -0.3 is 31.3 Å². The molecular weight excluding hydrogens is 668 g/mol. The van der Waals surface area contributed by atoms with E-state index in [1.165, 1.54) is 11.8 Å². The number of nitrogens with one attached hydrogen (secondary N) is 4. The van der Waals surface area contributed by atoms with Gasteiger partial charge in [-0.05, 0) is 37.3 Å². The van der Waals surface area contributed by atoms with E-state index in [2.05, 4.69) is 21.3 Å². The van der Waals surface area contributed by atoms with Gasteiger partial charge in [-0.2, -0.15) is 0 Å². The van der Waals surface area contributed by atoms with Gasteiger partial charge in [0, 0.05) is 49.7 Å². The second-order valence-electron chi connectivity index (χ2n) is 15.1. The smallest absolute Gasteiger partial charge is 0.326 e. The molecule has 52 heavy (non-hydrogen) atoms. The number of carbonyl (C=O) groups excluding carboxylic acids is 6. The molecule has 0 fully saturated rings. The molecule has 1 aromatic carbocycles. The SMILES string of the molecule is CN[C@H](C(=O)N[C@H](C(=O)N(C)[C@H](/C=C(\C)C(=O)N[C@@H](CCC(=O)NCCN1C(=O)C=CC1=O)C(=O)O)C(C)C)C(C)(C)C)C(C)(C)c1ccccc1. The van der Waals surface area contributed by atoms with E-state index in [0.29, 0.717) is 0 Å². The molecule has 1 aliphatic rings. The quantitative estimate of drug-likeness (QED) is 0.111. The first kappa shape index (κ1) is 43.3. The van der Waals surface area contributed by atoms with Crippen molar-refractivity contribution in [2.45, 2.75) is 97.8 Å². The number of imide groups is 1. The van der Waals surface area contributed by atoms with Crippen LogP contribution in [-0.2, 0) is 39.0 Å². The number of rotatable bonds is 18. The molecule has 0 saturated carbocycles. The second-order valence-corrected chi connectivity index (χ2v) is 15.1. The molecule has 14 nitrogen and oxygen atoms in total. The summed E-state index contributed by atoms with van der Waals surface area (Å²) in [5.74, 6) is -4.35. The van der Waals surface area contributed by atoms with E-state index < -0.39 is 64.6 Å². The predicted octanol–water partition coefficient (Wildman–Crippen LogP) is 1.90. The lowest BCUT2D eigenvalue weighted by Gasteiger charge is -2.40. The van der Waals surface area contributed by atoms with Crippen LogP contribution in [0.1, 0.15) is 73.8 Å². The van der Waals surface area contributed by atoms with Gasteiger partial charge in [0.15, 0.2) is 0 Å². The molecule has 2 rings (SSSR count). The molecule has 4 atom stereocenters. The Morgan fingerprint density at radius 1 is 0.923 bits per heavy atom. The maximum Gasteiger partial charge on any atom is 0.326 e. The molecule has 0 saturated heterocycles. The third kappa shape index (κ3) is 11.6. The van der Waals surface area contributed by atoms with E-state index in [1.54, 1.807) is 20.2 Å². The van der Waals surface area contributed by atoms with Gasteiger partial charge in [-0.25, -0.2) is 4.79 Å². The molecule has 5 N–H and O–H groups in total. The van der Waals surface area contributed by atoms with E-state index >= 15 is 0 Å². The van der Waals surface area contributed by atoms with Gasteiger partial charge in [0.25, 0.3) is 11.8 Å². The lowest BCUT2D eigenvalue weighted by Crippen LogP contribution is -2.61. The van der Waals surface area contributed by atoms with Crippen molar-refractivity contribution in [2.24, 2.45) is 11.3 Å². The summed E-state index contributed by atoms with van der Waals surface area (Å²) >= 11 is 0. The Bertz CT molecular complexity index is 1530. The number of carboxylic acid groups (broad SMARTS) is 1. The van der Waals surface area contributed by atoms with Gasteiger partial charge in [0.1, 0.15) is 12.1 Å². The highest BCUT2D eigenvalue weighted by Crippen LogP contribution is 2.29. The van der Waals surface area contributed by atoms with Crippen molar-refractivity contribution in [3.63, 3.8) is 0 Å². The minimum absolute atomic E-state index is 0.00569. The Labute approximate surface area is 306 Å². The van der Waals surface area contributed by atoms with Crippen LogP contribution in [0.15, 0.2) is 54.1 Å². The summed E-state index contributed by atoms with van der Waals surface area (Å²) in [6, 6.07) is 6.07. The second kappa shape index (κ2) is 18.6. The van der Waals surface area contributed by atoms with Crippen LogP contribution in [0.3, 0.4) is 0 Å². The molecule has 1 aliphatic heterocycles. The third-order valence-electron chi connectivity index (χ3n) is 9.27. The van der Waals surface area contributed by atoms with Crippen LogP contribution >= 0.6 is 0 Å². The monoisotopic (exact) mass is 724 g/mol. The van der Waals surface area contributed by atoms with E-state index in [4.69, 9.17) is 0 Å². The standard InChI is InChI=1S/C38H56N6O8/c1-23(2)27(22-24(3)33(48)41-26(36(51)52)16-17-28(45)40-20-21-44-29(46)18-19-30(44)47)43(10)35(50)32(37(4,5)6)42-34(49)31(39-9)38(7,8)25-14-12-11-13-15-25/h11-15,18-19,22-23,26-27,31-32,39H,16-17,20-21H2,1-10H3,(H,40,45)(H,41,48)(H,42,49)(H,51,52)/b24-22+/t26-,27+,31+,32+/m0/s1. The summed E-state index contributed by atoms with van der Waals surface area (Å²) in [7, 11) is 3.31. The maximum atomic E-state index is 14.2. The first-order valence-corrected chi connectivity index (χ1v) is 17.5. The van der Waals surface area contributed by atoms with Gasteiger partial charge >= 0.3 is 5.97 Å². The average Bonchev–Trinajstić information content (AvgIpc) is 3.39. The first-order valence-electron chi connectivity index (χ1n) is 17.5. The van der Waals surface area contributed by atoms with Gasteiger partial charge in [-0.1, -0.05) is 84.9 Å². The predicted molar refractivity (Wildman–Crippen MR) is 197 cm³/mol. The zero-order valence-electron chi connectivity index (χ0n) is 32.0. The number of carbonyl (C=O) groups is 7. The van der Waals surface area contributed by atoms with Crippen LogP contribution in [0.5, 0.6) is 0 Å². The Kier molecular flexibility index (Phi) is 15.5. The highest BCUT2D eigenvalue weighted by molar-refractivity contribution is 6.12. The van der Waals surface area contributed by atoms with Gasteiger partial charge in [0.05, 0.1) is 12.1 Å². The van der Waals surface area contributed by atoms with E-state index in [-0.39, 0.29) is 49.2 Å². The number of likely N-dealkylation sites (N-methyl/N-ethyl adjacent to an activating group) is 2. The topological polar surface area (TPSA) is 194 Å². The van der Waals surface area contributed by atoms with Crippen molar-refractivity contribution in [3.8, 4) is 0 Å². The molecule has 286 valence electrons. The molecule has 0 unspecified atom stereocenters. The molecule has 0 aromatic heterocycles. The van der Waals surface area contributed by atoms with Crippen LogP contribution in [0, 0.1) is 11.3 Å². The number of aliphatic carboxylic acids is 1. The summed E-state index contributed by atoms with van der Waals surface area (Å²) in [5, 5.41) is 20.9. The summed E-state index contributed by atoms with van der Waals surface area (Å²) < 4.78 is 0. The van der Waals surface area contributed by atoms with Crippen LogP contribution in [0.2, 0.25) is 0 Å². The zero-order chi connectivity index (χ0) is 39.6. The highest BCUT2D eigenvalue weighted by atomic mass is 16.4. The Hall–Kier alpha value is -4.85. The number of hydrogen-bond acceptors (Lipinski definition) is 8. The fraction of sp³-hybridized carbons (Fsp3) is 0.553. The van der Waals surface area contributed by atoms with Gasteiger partial charge in [0.2, 0.25) is 23.6 Å². The molecule has 6 amide bonds. The molecule has 0 radical (unpaired) electrons. The molecule has 0 aliphatic carbocycles. The molecule has 1 heterocycles. The van der Waals surface area contributed by atoms with Crippen LogP contribution < -0.4 is 21.3 Å². The largest absolute Gasteiger partial charge is 0.480 e. The lowest BCUT2D eigenvalue weighted by molar-refractivity contribution is -0.142. The molecule has 0 spiro atoms. The zero-order valence-corrected chi connectivity index (χ0v) is 32.0. The normalized spacial score (nSPS) is 15.9. The Morgan fingerprint density at radius 2 is 1.50 bits per heavy atom. The number of amides is 6. The van der Waals surface area contributed by atoms with Crippen molar-refractivity contribution in [3.05, 3.63) is 59.7 Å². The Morgan fingerprint density at radius 3 is 2.00 bits per heavy atom. The van der Waals surface area contributed by atoms with E-state index in [1.807, 2.05) is 78.8 Å². The van der Waals surface area contributed by atoms with Gasteiger partial charge in [-0.3, -0.25) is 33.7 Å². The minimum atomic E-state index is -1.38. The summed E-state index contributed by atoms with van der Waals surface area (Å²) in [5.41, 5.74) is -0.179. The van der Waals surface area contributed by atoms with Crippen molar-refractivity contribution in [1.82, 2.24) is 31.1 Å². The Balaban J connectivity index is 2.14. The highest BCUT2D eigenvalue weighted by Gasteiger charge is 2.41. The fourth-order valence-electron chi connectivity index (χ4n) is 6.01. The number of hydrogen-bond donors (Lipinski definition) is 5. The van der Waals surface area contributed by atoms with Crippen molar-refractivity contribution < 1.29 is 38.7 Å². The molecule has 0 bridgehead atoms. The fourth-order valence-corrected chi connectivity index (χ4v) is 6.01. The summed E-state index contributed by atoms with van der Waals surface area (Å²) in [6.45, 7) is 14.7. The van der Waals surface area contributed by atoms with Gasteiger partial charge in [-0.15, -0.1) is 0 Å². The van der Waals surface area contributed by atoms with Crippen LogP contribution in [0.25, 0.3) is 0 Å². The van der Waals surface area contributed by atoms with E-state index in [9.17, 15) is 38.7 Å². The summed E-state index contributed by atoms with van der Waals surface area (Å²) in [6.07, 6.45) is 3.42. The molecular formula is C38H56N6O8. The average molecular weight is 725 g/mol. The van der Waals surface area contributed by atoms with Crippen LogP contribution in [0.4, 0.5) is 0 Å². The van der Waals surface area contributed by atoms with Crippen molar-refractivity contribution in [1.29, 1.82) is 0 Å². The molecule has 1 aromatic rings. The minimum Gasteiger partial charge on any atom is -0.480 e. The van der Waals surface area contributed by atoms with Crippen molar-refractivity contribution >= 4 is 41.4 Å². The number of nitrogens with zero attached hydrogens (tertiary/aromatic N) is 2. The molecule has 14 heteroatoms. The van der Waals surface area contributed by atoms with Crippen LogP contribution in [-0.4, -0.2) is 108 Å². The lowest BCUT2D eigenvalue weighted by atomic mass is 9.76. The maximum absolute atomic E-state index is 14.2. The number of benzene rings is 1. The third-order valence-corrected chi connectivity index (χ3v) is 9.27.